The van der Waals surface area contributed by atoms with Gasteiger partial charge in [0.15, 0.2) is 0 Å². The molecular formula is C22H30FN5O4. The second kappa shape index (κ2) is 10.2. The van der Waals surface area contributed by atoms with Gasteiger partial charge in [-0.1, -0.05) is 12.1 Å². The number of hydrogen-bond donors (Lipinski definition) is 5. The Bertz CT molecular complexity index is 1020. The average molecular weight is 448 g/mol. The zero-order valence-corrected chi connectivity index (χ0v) is 18.6. The number of aliphatic hydroxyl groups excluding tert-OH is 1. The highest BCUT2D eigenvalue weighted by molar-refractivity contribution is 5.88. The number of rotatable bonds is 11. The molecule has 0 aliphatic rings. The van der Waals surface area contributed by atoms with Crippen LogP contribution >= 0.6 is 0 Å². The Morgan fingerprint density at radius 1 is 1.22 bits per heavy atom. The van der Waals surface area contributed by atoms with Crippen LogP contribution in [0.4, 0.5) is 10.2 Å². The van der Waals surface area contributed by atoms with Crippen molar-refractivity contribution < 1.29 is 24.1 Å². The van der Waals surface area contributed by atoms with Gasteiger partial charge in [0, 0.05) is 13.2 Å². The van der Waals surface area contributed by atoms with Gasteiger partial charge in [0.05, 0.1) is 47.6 Å². The van der Waals surface area contributed by atoms with Crippen LogP contribution in [0.15, 0.2) is 30.3 Å². The smallest absolute Gasteiger partial charge is 0.242 e. The number of methoxy groups -OCH3 is 1. The lowest BCUT2D eigenvalue weighted by Crippen LogP contribution is -2.46. The summed E-state index contributed by atoms with van der Waals surface area (Å²) in [5.74, 6) is 0.514. The molecule has 0 bridgehead atoms. The third kappa shape index (κ3) is 5.71. The second-order valence-electron chi connectivity index (χ2n) is 8.08. The van der Waals surface area contributed by atoms with E-state index in [1.807, 2.05) is 6.92 Å². The number of aromatic amines is 1. The second-order valence-corrected chi connectivity index (χ2v) is 8.08. The molecule has 9 nitrogen and oxygen atoms in total. The summed E-state index contributed by atoms with van der Waals surface area (Å²) in [6.45, 7) is 5.68. The van der Waals surface area contributed by atoms with Gasteiger partial charge in [-0.3, -0.25) is 10.4 Å². The van der Waals surface area contributed by atoms with Crippen LogP contribution in [0.1, 0.15) is 38.1 Å². The highest BCUT2D eigenvalue weighted by atomic mass is 19.1. The van der Waals surface area contributed by atoms with E-state index < -0.39 is 11.6 Å². The van der Waals surface area contributed by atoms with Crippen LogP contribution in [0.25, 0.3) is 10.9 Å². The summed E-state index contributed by atoms with van der Waals surface area (Å²) in [5.41, 5.74) is 0.706. The van der Waals surface area contributed by atoms with Crippen LogP contribution in [-0.2, 0) is 11.3 Å². The zero-order valence-electron chi connectivity index (χ0n) is 18.6. The zero-order chi connectivity index (χ0) is 23.3. The average Bonchev–Trinajstić information content (AvgIpc) is 3.14. The maximum absolute atomic E-state index is 13.3. The summed E-state index contributed by atoms with van der Waals surface area (Å²) in [5, 5.41) is 34.7. The van der Waals surface area contributed by atoms with Gasteiger partial charge in [-0.05, 0) is 38.5 Å². The Morgan fingerprint density at radius 3 is 2.56 bits per heavy atom. The maximum atomic E-state index is 13.3. The Labute approximate surface area is 186 Å². The largest absolute Gasteiger partial charge is 0.474 e. The van der Waals surface area contributed by atoms with Crippen LogP contribution in [0.5, 0.6) is 5.88 Å². The van der Waals surface area contributed by atoms with Gasteiger partial charge in [0.25, 0.3) is 0 Å². The van der Waals surface area contributed by atoms with Gasteiger partial charge in [-0.25, -0.2) is 9.37 Å². The molecule has 1 unspecified atom stereocenters. The number of anilines is 1. The molecule has 2 heterocycles. The maximum Gasteiger partial charge on any atom is 0.242 e. The number of nitrogens with zero attached hydrogens (tertiary/aromatic N) is 2. The number of fused-ring (bicyclic) bond motifs is 1. The summed E-state index contributed by atoms with van der Waals surface area (Å²) in [4.78, 5) is 4.49. The molecule has 0 spiro atoms. The van der Waals surface area contributed by atoms with E-state index in [-0.39, 0.29) is 18.6 Å². The lowest BCUT2D eigenvalue weighted by molar-refractivity contribution is 0.0342. The van der Waals surface area contributed by atoms with Crippen molar-refractivity contribution in [2.24, 2.45) is 0 Å². The fraction of sp³-hybridized carbons (Fsp3) is 0.455. The highest BCUT2D eigenvalue weighted by Gasteiger charge is 2.29. The first kappa shape index (κ1) is 23.9. The molecular weight excluding hydrogens is 417 g/mol. The third-order valence-corrected chi connectivity index (χ3v) is 4.95. The minimum atomic E-state index is -1.11. The molecule has 10 heteroatoms. The molecule has 0 fully saturated rings. The molecule has 174 valence electrons. The molecule has 5 N–H and O–H groups in total. The summed E-state index contributed by atoms with van der Waals surface area (Å²) in [7, 11) is 1.58. The number of benzene rings is 1. The van der Waals surface area contributed by atoms with E-state index in [2.05, 4.69) is 25.8 Å². The highest BCUT2D eigenvalue weighted by Crippen LogP contribution is 2.29. The topological polar surface area (TPSA) is 125 Å². The number of H-pyrrole nitrogens is 1. The van der Waals surface area contributed by atoms with Gasteiger partial charge >= 0.3 is 0 Å². The van der Waals surface area contributed by atoms with E-state index in [4.69, 9.17) is 9.47 Å². The van der Waals surface area contributed by atoms with E-state index in [0.29, 0.717) is 41.5 Å². The summed E-state index contributed by atoms with van der Waals surface area (Å²) < 4.78 is 23.9. The van der Waals surface area contributed by atoms with Crippen molar-refractivity contribution >= 4 is 16.7 Å². The van der Waals surface area contributed by atoms with Crippen molar-refractivity contribution in [3.8, 4) is 5.88 Å². The molecule has 0 amide bonds. The van der Waals surface area contributed by atoms with Gasteiger partial charge < -0.3 is 25.0 Å². The first-order valence-electron chi connectivity index (χ1n) is 10.3. The minimum Gasteiger partial charge on any atom is -0.474 e. The number of ether oxygens (including phenoxy) is 2. The number of nitrogens with one attached hydrogen (secondary N) is 3. The van der Waals surface area contributed by atoms with Gasteiger partial charge in [0.2, 0.25) is 5.88 Å². The fourth-order valence-electron chi connectivity index (χ4n) is 3.48. The SMILES string of the molecule is COCCOc1n[nH]c2cc(NC(C)N[C@@H](c3ccc(F)cc3)C(C)(C)O)nc(CO)c12. The molecule has 3 aromatic rings. The standard InChI is InChI=1S/C22H30FN5O4/c1-13(25-20(22(2,3)30)14-5-7-15(23)8-6-14)24-18-11-16-19(17(12-29)26-18)21(28-27-16)32-10-9-31-4/h5-8,11,13,20,25,29-30H,9-10,12H2,1-4H3,(H,24,26)(H,27,28)/t13?,20-/m0/s1. The number of pyridine rings is 1. The summed E-state index contributed by atoms with van der Waals surface area (Å²) >= 11 is 0. The van der Waals surface area contributed by atoms with Crippen LogP contribution in [-0.4, -0.2) is 57.5 Å². The molecule has 0 radical (unpaired) electrons. The molecule has 1 aromatic carbocycles. The molecule has 0 saturated carbocycles. The number of aromatic nitrogens is 3. The van der Waals surface area contributed by atoms with E-state index in [9.17, 15) is 14.6 Å². The molecule has 2 atom stereocenters. The van der Waals surface area contributed by atoms with E-state index >= 15 is 0 Å². The lowest BCUT2D eigenvalue weighted by atomic mass is 9.91. The molecule has 0 saturated heterocycles. The predicted molar refractivity (Wildman–Crippen MR) is 119 cm³/mol. The predicted octanol–water partition coefficient (Wildman–Crippen LogP) is 2.47. The van der Waals surface area contributed by atoms with Crippen LogP contribution < -0.4 is 15.4 Å². The van der Waals surface area contributed by atoms with Crippen molar-refractivity contribution in [2.45, 2.75) is 45.2 Å². The Morgan fingerprint density at radius 2 is 1.94 bits per heavy atom. The Kier molecular flexibility index (Phi) is 7.62. The van der Waals surface area contributed by atoms with E-state index in [1.165, 1.54) is 12.1 Å². The first-order chi connectivity index (χ1) is 15.2. The summed E-state index contributed by atoms with van der Waals surface area (Å²) in [6.07, 6.45) is -0.326. The van der Waals surface area contributed by atoms with Crippen LogP contribution in [0.3, 0.4) is 0 Å². The quantitative estimate of drug-likeness (QED) is 0.224. The normalized spacial score (nSPS) is 13.8. The van der Waals surface area contributed by atoms with Crippen molar-refractivity contribution in [1.29, 1.82) is 0 Å². The van der Waals surface area contributed by atoms with Crippen LogP contribution in [0, 0.1) is 5.82 Å². The van der Waals surface area contributed by atoms with Crippen molar-refractivity contribution in [3.63, 3.8) is 0 Å². The molecule has 3 rings (SSSR count). The molecule has 2 aromatic heterocycles. The van der Waals surface area contributed by atoms with Crippen molar-refractivity contribution in [1.82, 2.24) is 20.5 Å². The number of aliphatic hydroxyl groups is 2. The van der Waals surface area contributed by atoms with E-state index in [0.717, 1.165) is 5.56 Å². The fourth-order valence-corrected chi connectivity index (χ4v) is 3.48. The molecule has 32 heavy (non-hydrogen) atoms. The minimum absolute atomic E-state index is 0.296. The number of hydrogen-bond acceptors (Lipinski definition) is 8. The Balaban J connectivity index is 1.79. The van der Waals surface area contributed by atoms with Crippen molar-refractivity contribution in [3.05, 3.63) is 47.4 Å². The monoisotopic (exact) mass is 447 g/mol. The first-order valence-corrected chi connectivity index (χ1v) is 10.3. The Hall–Kier alpha value is -2.79. The summed E-state index contributed by atoms with van der Waals surface area (Å²) in [6, 6.07) is 7.30. The molecule has 0 aliphatic carbocycles. The van der Waals surface area contributed by atoms with E-state index in [1.54, 1.807) is 39.2 Å². The van der Waals surface area contributed by atoms with Gasteiger partial charge in [-0.15, -0.1) is 5.10 Å². The van der Waals surface area contributed by atoms with Gasteiger partial charge in [-0.2, -0.15) is 0 Å². The molecule has 0 aliphatic heterocycles. The van der Waals surface area contributed by atoms with Gasteiger partial charge in [0.1, 0.15) is 18.2 Å². The number of halogens is 1. The van der Waals surface area contributed by atoms with Crippen LogP contribution in [0.2, 0.25) is 0 Å². The lowest BCUT2D eigenvalue weighted by Gasteiger charge is -2.33. The van der Waals surface area contributed by atoms with Crippen molar-refractivity contribution in [2.75, 3.05) is 25.6 Å². The third-order valence-electron chi connectivity index (χ3n) is 4.95.